The molecule has 0 aliphatic carbocycles. The zero-order valence-corrected chi connectivity index (χ0v) is 17.3. The molecule has 1 aliphatic heterocycles. The maximum Gasteiger partial charge on any atom is 0.191 e. The van der Waals surface area contributed by atoms with Crippen molar-refractivity contribution in [2.45, 2.75) is 25.9 Å². The van der Waals surface area contributed by atoms with Gasteiger partial charge in [-0.2, -0.15) is 0 Å². The first-order valence-electron chi connectivity index (χ1n) is 10.3. The van der Waals surface area contributed by atoms with Gasteiger partial charge in [-0.3, -0.25) is 0 Å². The summed E-state index contributed by atoms with van der Waals surface area (Å²) in [6.07, 6.45) is 7.31. The van der Waals surface area contributed by atoms with Crippen LogP contribution in [0.15, 0.2) is 60.2 Å². The molecule has 1 unspecified atom stereocenters. The normalized spacial score (nSPS) is 16.5. The van der Waals surface area contributed by atoms with E-state index >= 15 is 0 Å². The molecule has 9 heteroatoms. The molecule has 31 heavy (non-hydrogen) atoms. The lowest BCUT2D eigenvalue weighted by Gasteiger charge is -2.20. The van der Waals surface area contributed by atoms with Gasteiger partial charge in [-0.1, -0.05) is 6.07 Å². The van der Waals surface area contributed by atoms with Gasteiger partial charge in [0.2, 0.25) is 0 Å². The lowest BCUT2D eigenvalue weighted by molar-refractivity contribution is 0.612. The second-order valence-electron chi connectivity index (χ2n) is 7.34. The summed E-state index contributed by atoms with van der Waals surface area (Å²) in [7, 11) is 0. The Bertz CT molecular complexity index is 1040. The molecule has 0 spiro atoms. The number of aliphatic imine (C=N–C) groups is 1. The zero-order chi connectivity index (χ0) is 21.6. The maximum absolute atomic E-state index is 14.5. The topological polar surface area (TPSA) is 70.4 Å². The van der Waals surface area contributed by atoms with E-state index < -0.39 is 0 Å². The van der Waals surface area contributed by atoms with Gasteiger partial charge in [-0.05, 0) is 43.2 Å². The Morgan fingerprint density at radius 3 is 2.87 bits per heavy atom. The van der Waals surface area contributed by atoms with Crippen LogP contribution in [0.2, 0.25) is 0 Å². The minimum Gasteiger partial charge on any atom is -0.357 e. The minimum absolute atomic E-state index is 0.111. The first-order chi connectivity index (χ1) is 15.1. The molecule has 1 saturated heterocycles. The molecule has 1 atom stereocenters. The summed E-state index contributed by atoms with van der Waals surface area (Å²) >= 11 is 0. The standard InChI is InChI=1S/C22H25F2N7/c1-2-26-22(29-17-7-10-30(14-17)21-18(23)4-3-8-27-21)28-13-16-5-6-20(19(24)12-16)31-11-9-25-15-31/h3-6,8-9,11-12,15,17H,2,7,10,13-14H2,1H3,(H2,26,28,29). The van der Waals surface area contributed by atoms with E-state index in [0.29, 0.717) is 43.6 Å². The van der Waals surface area contributed by atoms with Crippen LogP contribution in [0.4, 0.5) is 14.6 Å². The molecule has 2 aromatic heterocycles. The first-order valence-corrected chi connectivity index (χ1v) is 10.3. The van der Waals surface area contributed by atoms with Gasteiger partial charge in [0.05, 0.1) is 18.6 Å². The number of aromatic nitrogens is 3. The number of nitrogens with one attached hydrogen (secondary N) is 2. The third-order valence-corrected chi connectivity index (χ3v) is 5.13. The van der Waals surface area contributed by atoms with E-state index in [1.54, 1.807) is 41.6 Å². The van der Waals surface area contributed by atoms with Crippen molar-refractivity contribution < 1.29 is 8.78 Å². The predicted molar refractivity (Wildman–Crippen MR) is 116 cm³/mol. The summed E-state index contributed by atoms with van der Waals surface area (Å²) in [5, 5.41) is 6.61. The second kappa shape index (κ2) is 9.55. The quantitative estimate of drug-likeness (QED) is 0.470. The van der Waals surface area contributed by atoms with Crippen molar-refractivity contribution in [3.05, 3.63) is 72.4 Å². The van der Waals surface area contributed by atoms with Crippen LogP contribution in [0.1, 0.15) is 18.9 Å². The SMILES string of the molecule is CCNC(=NCc1ccc(-n2ccnc2)c(F)c1)NC1CCN(c2ncccc2F)C1. The smallest absolute Gasteiger partial charge is 0.191 e. The third-order valence-electron chi connectivity index (χ3n) is 5.13. The molecule has 0 bridgehead atoms. The number of halogens is 2. The lowest BCUT2D eigenvalue weighted by Crippen LogP contribution is -2.44. The molecular weight excluding hydrogens is 400 g/mol. The molecule has 7 nitrogen and oxygen atoms in total. The molecule has 3 heterocycles. The highest BCUT2D eigenvalue weighted by atomic mass is 19.1. The van der Waals surface area contributed by atoms with Crippen molar-refractivity contribution in [2.24, 2.45) is 4.99 Å². The molecule has 0 radical (unpaired) electrons. The van der Waals surface area contributed by atoms with Crippen LogP contribution in [-0.4, -0.2) is 46.2 Å². The Labute approximate surface area is 179 Å². The zero-order valence-electron chi connectivity index (χ0n) is 17.3. The van der Waals surface area contributed by atoms with Gasteiger partial charge in [0, 0.05) is 44.3 Å². The number of pyridine rings is 1. The monoisotopic (exact) mass is 425 g/mol. The Morgan fingerprint density at radius 1 is 1.23 bits per heavy atom. The highest BCUT2D eigenvalue weighted by Crippen LogP contribution is 2.21. The summed E-state index contributed by atoms with van der Waals surface area (Å²) in [6, 6.07) is 8.19. The molecule has 0 saturated carbocycles. The Morgan fingerprint density at radius 2 is 2.13 bits per heavy atom. The number of hydrogen-bond donors (Lipinski definition) is 2. The largest absolute Gasteiger partial charge is 0.357 e. The highest BCUT2D eigenvalue weighted by Gasteiger charge is 2.25. The summed E-state index contributed by atoms with van der Waals surface area (Å²) in [4.78, 5) is 14.6. The molecule has 0 amide bonds. The average Bonchev–Trinajstić information content (AvgIpc) is 3.45. The minimum atomic E-state index is -0.326. The van der Waals surface area contributed by atoms with E-state index in [-0.39, 0.29) is 17.7 Å². The van der Waals surface area contributed by atoms with Crippen molar-refractivity contribution >= 4 is 11.8 Å². The number of hydrogen-bond acceptors (Lipinski definition) is 4. The number of imidazole rings is 1. The summed E-state index contributed by atoms with van der Waals surface area (Å²) in [5.41, 5.74) is 1.21. The number of anilines is 1. The van der Waals surface area contributed by atoms with Crippen LogP contribution in [-0.2, 0) is 6.54 Å². The maximum atomic E-state index is 14.5. The van der Waals surface area contributed by atoms with Crippen molar-refractivity contribution in [1.82, 2.24) is 25.2 Å². The van der Waals surface area contributed by atoms with E-state index in [1.165, 1.54) is 12.1 Å². The van der Waals surface area contributed by atoms with Gasteiger partial charge < -0.3 is 20.1 Å². The summed E-state index contributed by atoms with van der Waals surface area (Å²) < 4.78 is 30.1. The van der Waals surface area contributed by atoms with Crippen LogP contribution in [0, 0.1) is 11.6 Å². The highest BCUT2D eigenvalue weighted by molar-refractivity contribution is 5.80. The van der Waals surface area contributed by atoms with Gasteiger partial charge in [0.25, 0.3) is 0 Å². The number of benzene rings is 1. The fourth-order valence-corrected chi connectivity index (χ4v) is 3.62. The van der Waals surface area contributed by atoms with Crippen LogP contribution in [0.25, 0.3) is 5.69 Å². The molecule has 1 aliphatic rings. The van der Waals surface area contributed by atoms with Gasteiger partial charge in [-0.25, -0.2) is 23.7 Å². The van der Waals surface area contributed by atoms with Gasteiger partial charge in [0.1, 0.15) is 5.82 Å². The van der Waals surface area contributed by atoms with Crippen molar-refractivity contribution in [3.8, 4) is 5.69 Å². The van der Waals surface area contributed by atoms with Crippen LogP contribution >= 0.6 is 0 Å². The number of rotatable bonds is 6. The van der Waals surface area contributed by atoms with Gasteiger partial charge in [0.15, 0.2) is 17.6 Å². The number of nitrogens with zero attached hydrogens (tertiary/aromatic N) is 5. The Balaban J connectivity index is 1.40. The van der Waals surface area contributed by atoms with Crippen molar-refractivity contribution in [1.29, 1.82) is 0 Å². The number of guanidine groups is 1. The predicted octanol–water partition coefficient (Wildman–Crippen LogP) is 2.88. The van der Waals surface area contributed by atoms with E-state index in [1.807, 2.05) is 17.9 Å². The van der Waals surface area contributed by atoms with E-state index in [4.69, 9.17) is 0 Å². The average molecular weight is 425 g/mol. The lowest BCUT2D eigenvalue weighted by atomic mass is 10.2. The molecule has 2 N–H and O–H groups in total. The summed E-state index contributed by atoms with van der Waals surface area (Å²) in [6.45, 7) is 4.37. The van der Waals surface area contributed by atoms with Crippen LogP contribution < -0.4 is 15.5 Å². The molecule has 1 aromatic carbocycles. The molecule has 4 rings (SSSR count). The fourth-order valence-electron chi connectivity index (χ4n) is 3.62. The van der Waals surface area contributed by atoms with Gasteiger partial charge >= 0.3 is 0 Å². The van der Waals surface area contributed by atoms with E-state index in [2.05, 4.69) is 25.6 Å². The van der Waals surface area contributed by atoms with E-state index in [0.717, 1.165) is 12.0 Å². The Hall–Kier alpha value is -3.49. The van der Waals surface area contributed by atoms with Crippen molar-refractivity contribution in [3.63, 3.8) is 0 Å². The Kier molecular flexibility index (Phi) is 6.40. The molecule has 3 aromatic rings. The van der Waals surface area contributed by atoms with Crippen LogP contribution in [0.3, 0.4) is 0 Å². The summed E-state index contributed by atoms with van der Waals surface area (Å²) in [5.74, 6) is 0.384. The van der Waals surface area contributed by atoms with Crippen LogP contribution in [0.5, 0.6) is 0 Å². The first kappa shape index (κ1) is 20.8. The third kappa shape index (κ3) is 4.99. The molecular formula is C22H25F2N7. The van der Waals surface area contributed by atoms with E-state index in [9.17, 15) is 8.78 Å². The molecule has 1 fully saturated rings. The van der Waals surface area contributed by atoms with Gasteiger partial charge in [-0.15, -0.1) is 0 Å². The second-order valence-corrected chi connectivity index (χ2v) is 7.34. The molecule has 162 valence electrons. The fraction of sp³-hybridized carbons (Fsp3) is 0.318. The van der Waals surface area contributed by atoms with Crippen molar-refractivity contribution in [2.75, 3.05) is 24.5 Å².